The monoisotopic (exact) mass is 1110 g/mol. The SMILES string of the molecule is CCCCCCC/C=C\C/C=C\CCCCCCCCCCCC(=O)OC(COC(=O)CCCCCCCCCCCCCCCC)COC(=O)CCCCCCCCCCCCCCCCCCCCCCCCCCCC. The standard InChI is InChI=1S/C73H138O6/c1-4-7-10-13-16-19-22-25-28-30-32-34-35-36-37-38-40-41-43-45-48-51-54-57-60-63-66-72(75)78-69-70(68-77-71(74)65-62-59-56-53-50-47-27-24-21-18-15-12-9-6-3)79-73(76)67-64-61-58-55-52-49-46-44-42-39-33-31-29-26-23-20-17-14-11-8-5-2/h23,26,31,33,70H,4-22,24-25,27-30,32,34-69H2,1-3H3/b26-23-,33-31-. The van der Waals surface area contributed by atoms with Gasteiger partial charge in [0, 0.05) is 19.3 Å². The third-order valence-corrected chi connectivity index (χ3v) is 16.5. The van der Waals surface area contributed by atoms with Crippen LogP contribution in [-0.2, 0) is 28.6 Å². The molecule has 0 aromatic heterocycles. The minimum atomic E-state index is -0.770. The summed E-state index contributed by atoms with van der Waals surface area (Å²) in [4.78, 5) is 38.4. The van der Waals surface area contributed by atoms with Crippen molar-refractivity contribution in [1.82, 2.24) is 0 Å². The van der Waals surface area contributed by atoms with E-state index >= 15 is 0 Å². The van der Waals surface area contributed by atoms with Crippen molar-refractivity contribution in [1.29, 1.82) is 0 Å². The lowest BCUT2D eigenvalue weighted by molar-refractivity contribution is -0.167. The summed E-state index contributed by atoms with van der Waals surface area (Å²) in [5.74, 6) is -0.837. The number of hydrogen-bond donors (Lipinski definition) is 0. The Bertz CT molecular complexity index is 1270. The van der Waals surface area contributed by atoms with Gasteiger partial charge in [0.25, 0.3) is 0 Å². The number of ether oxygens (including phenoxy) is 3. The molecule has 0 amide bonds. The molecule has 0 heterocycles. The van der Waals surface area contributed by atoms with Gasteiger partial charge in [-0.15, -0.1) is 0 Å². The molecule has 1 unspecified atom stereocenters. The fourth-order valence-corrected chi connectivity index (χ4v) is 11.1. The van der Waals surface area contributed by atoms with Gasteiger partial charge in [0.05, 0.1) is 0 Å². The molecule has 6 nitrogen and oxygen atoms in total. The minimum absolute atomic E-state index is 0.0663. The van der Waals surface area contributed by atoms with Crippen LogP contribution in [0.1, 0.15) is 406 Å². The Labute approximate surface area is 493 Å². The van der Waals surface area contributed by atoms with Gasteiger partial charge in [-0.25, -0.2) is 0 Å². The highest BCUT2D eigenvalue weighted by atomic mass is 16.6. The van der Waals surface area contributed by atoms with E-state index in [1.807, 2.05) is 0 Å². The molecule has 1 atom stereocenters. The molecule has 0 bridgehead atoms. The Morgan fingerprint density at radius 1 is 0.253 bits per heavy atom. The van der Waals surface area contributed by atoms with E-state index < -0.39 is 6.10 Å². The van der Waals surface area contributed by atoms with Gasteiger partial charge < -0.3 is 14.2 Å². The molecule has 0 saturated carbocycles. The van der Waals surface area contributed by atoms with Gasteiger partial charge in [-0.3, -0.25) is 14.4 Å². The zero-order chi connectivity index (χ0) is 57.1. The van der Waals surface area contributed by atoms with Gasteiger partial charge in [-0.1, -0.05) is 360 Å². The number of hydrogen-bond acceptors (Lipinski definition) is 6. The molecule has 0 aromatic rings. The first-order valence-electron chi connectivity index (χ1n) is 35.8. The maximum Gasteiger partial charge on any atom is 0.306 e. The predicted octanol–water partition coefficient (Wildman–Crippen LogP) is 24.6. The lowest BCUT2D eigenvalue weighted by atomic mass is 10.0. The predicted molar refractivity (Wildman–Crippen MR) is 344 cm³/mol. The molecule has 79 heavy (non-hydrogen) atoms. The number of carbonyl (C=O) groups excluding carboxylic acids is 3. The first-order chi connectivity index (χ1) is 39.0. The highest BCUT2D eigenvalue weighted by molar-refractivity contribution is 5.71. The van der Waals surface area contributed by atoms with Crippen LogP contribution in [0.15, 0.2) is 24.3 Å². The highest BCUT2D eigenvalue weighted by Gasteiger charge is 2.19. The van der Waals surface area contributed by atoms with Gasteiger partial charge in [0.15, 0.2) is 6.10 Å². The van der Waals surface area contributed by atoms with Crippen LogP contribution in [0.25, 0.3) is 0 Å². The molecule has 0 aliphatic carbocycles. The molecular weight excluding hydrogens is 973 g/mol. The fraction of sp³-hybridized carbons (Fsp3) is 0.904. The summed E-state index contributed by atoms with van der Waals surface area (Å²) in [5.41, 5.74) is 0. The third kappa shape index (κ3) is 66.6. The number of allylic oxidation sites excluding steroid dienone is 4. The third-order valence-electron chi connectivity index (χ3n) is 16.5. The maximum absolute atomic E-state index is 13.0. The minimum Gasteiger partial charge on any atom is -0.462 e. The van der Waals surface area contributed by atoms with E-state index in [1.54, 1.807) is 0 Å². The van der Waals surface area contributed by atoms with E-state index in [2.05, 4.69) is 45.1 Å². The average molecular weight is 1110 g/mol. The van der Waals surface area contributed by atoms with Crippen LogP contribution in [0.2, 0.25) is 0 Å². The van der Waals surface area contributed by atoms with Crippen molar-refractivity contribution in [2.45, 2.75) is 412 Å². The first-order valence-corrected chi connectivity index (χ1v) is 35.8. The average Bonchev–Trinajstić information content (AvgIpc) is 3.45. The second kappa shape index (κ2) is 68.4. The summed E-state index contributed by atoms with van der Waals surface area (Å²) >= 11 is 0. The number of carbonyl (C=O) groups is 3. The Balaban J connectivity index is 4.23. The van der Waals surface area contributed by atoms with Gasteiger partial charge in [-0.05, 0) is 51.4 Å². The van der Waals surface area contributed by atoms with E-state index in [-0.39, 0.29) is 31.1 Å². The zero-order valence-electron chi connectivity index (χ0n) is 53.7. The summed E-state index contributed by atoms with van der Waals surface area (Å²) in [6, 6.07) is 0. The molecule has 0 radical (unpaired) electrons. The van der Waals surface area contributed by atoms with Crippen molar-refractivity contribution in [2.75, 3.05) is 13.2 Å². The normalized spacial score (nSPS) is 12.1. The van der Waals surface area contributed by atoms with Crippen LogP contribution in [0, 0.1) is 0 Å². The number of esters is 3. The molecule has 0 aliphatic heterocycles. The second-order valence-electron chi connectivity index (χ2n) is 24.5. The molecule has 0 N–H and O–H groups in total. The van der Waals surface area contributed by atoms with E-state index in [0.29, 0.717) is 19.3 Å². The van der Waals surface area contributed by atoms with Crippen molar-refractivity contribution in [3.63, 3.8) is 0 Å². The highest BCUT2D eigenvalue weighted by Crippen LogP contribution is 2.19. The summed E-state index contributed by atoms with van der Waals surface area (Å²) in [6.45, 7) is 6.71. The van der Waals surface area contributed by atoms with Crippen LogP contribution in [-0.4, -0.2) is 37.2 Å². The first kappa shape index (κ1) is 76.9. The number of unbranched alkanes of at least 4 members (excludes halogenated alkanes) is 52. The van der Waals surface area contributed by atoms with E-state index in [1.165, 1.54) is 302 Å². The van der Waals surface area contributed by atoms with Crippen LogP contribution in [0.5, 0.6) is 0 Å². The van der Waals surface area contributed by atoms with Gasteiger partial charge in [0.2, 0.25) is 0 Å². The summed E-state index contributed by atoms with van der Waals surface area (Å²) in [6.07, 6.45) is 83.5. The van der Waals surface area contributed by atoms with Gasteiger partial charge >= 0.3 is 17.9 Å². The Hall–Kier alpha value is -2.11. The van der Waals surface area contributed by atoms with E-state index in [9.17, 15) is 14.4 Å². The van der Waals surface area contributed by atoms with E-state index in [0.717, 1.165) is 64.2 Å². The molecule has 0 saturated heterocycles. The smallest absolute Gasteiger partial charge is 0.306 e. The molecule has 0 aliphatic rings. The fourth-order valence-electron chi connectivity index (χ4n) is 11.1. The van der Waals surface area contributed by atoms with Crippen LogP contribution in [0.4, 0.5) is 0 Å². The van der Waals surface area contributed by atoms with Crippen molar-refractivity contribution in [3.8, 4) is 0 Å². The van der Waals surface area contributed by atoms with Crippen LogP contribution in [0.3, 0.4) is 0 Å². The molecule has 0 aromatic carbocycles. The van der Waals surface area contributed by atoms with Gasteiger partial charge in [0.1, 0.15) is 13.2 Å². The molecule has 0 rings (SSSR count). The Kier molecular flexibility index (Phi) is 66.6. The van der Waals surface area contributed by atoms with Gasteiger partial charge in [-0.2, -0.15) is 0 Å². The molecule has 0 fully saturated rings. The Morgan fingerprint density at radius 2 is 0.456 bits per heavy atom. The lowest BCUT2D eigenvalue weighted by Crippen LogP contribution is -2.30. The second-order valence-corrected chi connectivity index (χ2v) is 24.5. The van der Waals surface area contributed by atoms with Crippen molar-refractivity contribution < 1.29 is 28.6 Å². The van der Waals surface area contributed by atoms with Crippen LogP contribution < -0.4 is 0 Å². The molecule has 0 spiro atoms. The van der Waals surface area contributed by atoms with Crippen molar-refractivity contribution in [2.24, 2.45) is 0 Å². The summed E-state index contributed by atoms with van der Waals surface area (Å²) in [5, 5.41) is 0. The lowest BCUT2D eigenvalue weighted by Gasteiger charge is -2.18. The molecule has 466 valence electrons. The topological polar surface area (TPSA) is 78.9 Å². The maximum atomic E-state index is 13.0. The number of rotatable bonds is 67. The summed E-state index contributed by atoms with van der Waals surface area (Å²) < 4.78 is 17.0. The molecular formula is C73H138O6. The zero-order valence-corrected chi connectivity index (χ0v) is 53.7. The van der Waals surface area contributed by atoms with Crippen LogP contribution >= 0.6 is 0 Å². The quantitative estimate of drug-likeness (QED) is 0.0261. The Morgan fingerprint density at radius 3 is 0.696 bits per heavy atom. The van der Waals surface area contributed by atoms with Crippen molar-refractivity contribution >= 4 is 17.9 Å². The summed E-state index contributed by atoms with van der Waals surface area (Å²) in [7, 11) is 0. The molecule has 6 heteroatoms. The van der Waals surface area contributed by atoms with Crippen molar-refractivity contribution in [3.05, 3.63) is 24.3 Å². The van der Waals surface area contributed by atoms with E-state index in [4.69, 9.17) is 14.2 Å². The largest absolute Gasteiger partial charge is 0.462 e.